The van der Waals surface area contributed by atoms with Crippen molar-refractivity contribution in [3.8, 4) is 6.07 Å². The van der Waals surface area contributed by atoms with E-state index in [1.54, 1.807) is 54.6 Å². The Morgan fingerprint density at radius 1 is 0.963 bits per heavy atom. The van der Waals surface area contributed by atoms with Crippen LogP contribution in [0.4, 0.5) is 0 Å². The van der Waals surface area contributed by atoms with Crippen molar-refractivity contribution in [3.05, 3.63) is 71.8 Å². The molecule has 0 bridgehead atoms. The molecular weight excluding hydrogens is 346 g/mol. The highest BCUT2D eigenvalue weighted by atomic mass is 16.6. The summed E-state index contributed by atoms with van der Waals surface area (Å²) in [6.45, 7) is 0. The van der Waals surface area contributed by atoms with Gasteiger partial charge in [0.05, 0.1) is 20.3 Å². The number of nitriles is 1. The third-order valence-corrected chi connectivity index (χ3v) is 4.86. The summed E-state index contributed by atoms with van der Waals surface area (Å²) in [5, 5.41) is 10.1. The number of methoxy groups -OCH3 is 2. The minimum Gasteiger partial charge on any atom is -0.469 e. The van der Waals surface area contributed by atoms with Crippen LogP contribution in [0.1, 0.15) is 17.2 Å². The zero-order valence-corrected chi connectivity index (χ0v) is 15.0. The van der Waals surface area contributed by atoms with Gasteiger partial charge in [0.2, 0.25) is 0 Å². The van der Waals surface area contributed by atoms with Gasteiger partial charge in [-0.3, -0.25) is 9.59 Å². The Balaban J connectivity index is 2.23. The van der Waals surface area contributed by atoms with E-state index < -0.39 is 35.5 Å². The number of ether oxygens (including phenoxy) is 3. The molecule has 0 unspecified atom stereocenters. The molecule has 0 spiro atoms. The van der Waals surface area contributed by atoms with Crippen LogP contribution >= 0.6 is 0 Å². The molecule has 3 rings (SSSR count). The van der Waals surface area contributed by atoms with Crippen molar-refractivity contribution in [2.75, 3.05) is 14.2 Å². The summed E-state index contributed by atoms with van der Waals surface area (Å²) < 4.78 is 16.1. The lowest BCUT2D eigenvalue weighted by molar-refractivity contribution is -0.158. The van der Waals surface area contributed by atoms with Crippen LogP contribution in [0.3, 0.4) is 0 Å². The maximum Gasteiger partial charge on any atom is 0.314 e. The monoisotopic (exact) mass is 365 g/mol. The molecule has 27 heavy (non-hydrogen) atoms. The first kappa shape index (κ1) is 18.6. The third-order valence-electron chi connectivity index (χ3n) is 4.86. The molecule has 1 fully saturated rings. The summed E-state index contributed by atoms with van der Waals surface area (Å²) in [5.41, 5.74) is -0.515. The lowest BCUT2D eigenvalue weighted by Crippen LogP contribution is -2.41. The SMILES string of the molecule is COC(=O)[C@H]1[C@@H](C(=O)OC)[C@](C#N)(c2ccccc2)O[C@H]1c1ccccc1. The van der Waals surface area contributed by atoms with Gasteiger partial charge in [0, 0.05) is 0 Å². The smallest absolute Gasteiger partial charge is 0.314 e. The minimum atomic E-state index is -1.67. The first-order valence-electron chi connectivity index (χ1n) is 8.44. The van der Waals surface area contributed by atoms with Gasteiger partial charge in [0.1, 0.15) is 17.9 Å². The molecule has 6 heteroatoms. The average molecular weight is 365 g/mol. The molecule has 0 amide bonds. The van der Waals surface area contributed by atoms with E-state index in [0.29, 0.717) is 11.1 Å². The summed E-state index contributed by atoms with van der Waals surface area (Å²) >= 11 is 0. The van der Waals surface area contributed by atoms with Crippen molar-refractivity contribution in [1.82, 2.24) is 0 Å². The average Bonchev–Trinajstić information content (AvgIpc) is 3.10. The number of benzene rings is 2. The van der Waals surface area contributed by atoms with Crippen molar-refractivity contribution in [2.45, 2.75) is 11.7 Å². The second-order valence-corrected chi connectivity index (χ2v) is 6.21. The van der Waals surface area contributed by atoms with Crippen LogP contribution in [-0.2, 0) is 29.4 Å². The fraction of sp³-hybridized carbons (Fsp3) is 0.286. The van der Waals surface area contributed by atoms with E-state index in [4.69, 9.17) is 14.2 Å². The van der Waals surface area contributed by atoms with Crippen LogP contribution in [0, 0.1) is 23.2 Å². The summed E-state index contributed by atoms with van der Waals surface area (Å²) in [4.78, 5) is 25.4. The van der Waals surface area contributed by atoms with E-state index in [1.165, 1.54) is 14.2 Å². The van der Waals surface area contributed by atoms with Crippen LogP contribution in [-0.4, -0.2) is 26.2 Å². The molecule has 1 saturated heterocycles. The van der Waals surface area contributed by atoms with Gasteiger partial charge >= 0.3 is 11.9 Å². The largest absolute Gasteiger partial charge is 0.469 e. The topological polar surface area (TPSA) is 85.6 Å². The molecule has 0 N–H and O–H groups in total. The van der Waals surface area contributed by atoms with Gasteiger partial charge < -0.3 is 14.2 Å². The van der Waals surface area contributed by atoms with Gasteiger partial charge in [-0.1, -0.05) is 60.7 Å². The van der Waals surface area contributed by atoms with Gasteiger partial charge in [0.25, 0.3) is 0 Å². The quantitative estimate of drug-likeness (QED) is 0.775. The van der Waals surface area contributed by atoms with E-state index in [2.05, 4.69) is 6.07 Å². The highest BCUT2D eigenvalue weighted by Gasteiger charge is 2.63. The third kappa shape index (κ3) is 3.07. The Kier molecular flexibility index (Phi) is 5.24. The van der Waals surface area contributed by atoms with Crippen molar-refractivity contribution < 1.29 is 23.8 Å². The first-order chi connectivity index (χ1) is 13.1. The maximum absolute atomic E-state index is 12.7. The second-order valence-electron chi connectivity index (χ2n) is 6.21. The lowest BCUT2D eigenvalue weighted by Gasteiger charge is -2.27. The van der Waals surface area contributed by atoms with E-state index in [0.717, 1.165) is 0 Å². The molecule has 1 heterocycles. The molecule has 1 aliphatic heterocycles. The molecule has 2 aromatic carbocycles. The number of esters is 2. The predicted octanol–water partition coefficient (Wildman–Crippen LogP) is 2.76. The van der Waals surface area contributed by atoms with Crippen LogP contribution < -0.4 is 0 Å². The summed E-state index contributed by atoms with van der Waals surface area (Å²) in [6, 6.07) is 19.8. The molecular formula is C21H19NO5. The zero-order chi connectivity index (χ0) is 19.4. The number of nitrogens with zero attached hydrogens (tertiary/aromatic N) is 1. The van der Waals surface area contributed by atoms with E-state index >= 15 is 0 Å². The Labute approximate surface area is 157 Å². The molecule has 6 nitrogen and oxygen atoms in total. The van der Waals surface area contributed by atoms with Gasteiger partial charge in [-0.15, -0.1) is 0 Å². The molecule has 4 atom stereocenters. The van der Waals surface area contributed by atoms with Crippen molar-refractivity contribution >= 4 is 11.9 Å². The summed E-state index contributed by atoms with van der Waals surface area (Å²) in [5.74, 6) is -3.53. The van der Waals surface area contributed by atoms with Gasteiger partial charge in [0.15, 0.2) is 5.60 Å². The van der Waals surface area contributed by atoms with Crippen LogP contribution in [0.2, 0.25) is 0 Å². The standard InChI is InChI=1S/C21H19NO5/c1-25-19(23)16-17(20(24)26-2)21(13-22,15-11-7-4-8-12-15)27-18(16)14-9-5-3-6-10-14/h3-12,16-18H,1-2H3/t16-,17-,18-,21-/m0/s1. The zero-order valence-electron chi connectivity index (χ0n) is 15.0. The Morgan fingerprint density at radius 3 is 2.04 bits per heavy atom. The maximum atomic E-state index is 12.7. The van der Waals surface area contributed by atoms with Crippen molar-refractivity contribution in [3.63, 3.8) is 0 Å². The molecule has 2 aromatic rings. The molecule has 0 radical (unpaired) electrons. The Bertz CT molecular complexity index is 861. The molecule has 0 aliphatic carbocycles. The van der Waals surface area contributed by atoms with Gasteiger partial charge in [-0.25, -0.2) is 0 Å². The molecule has 0 aromatic heterocycles. The molecule has 1 aliphatic rings. The van der Waals surface area contributed by atoms with Crippen LogP contribution in [0.5, 0.6) is 0 Å². The van der Waals surface area contributed by atoms with Crippen molar-refractivity contribution in [1.29, 1.82) is 5.26 Å². The van der Waals surface area contributed by atoms with E-state index in [1.807, 2.05) is 6.07 Å². The number of hydrogen-bond donors (Lipinski definition) is 0. The Morgan fingerprint density at radius 2 is 1.52 bits per heavy atom. The number of carbonyl (C=O) groups excluding carboxylic acids is 2. The fourth-order valence-electron chi connectivity index (χ4n) is 3.62. The first-order valence-corrected chi connectivity index (χ1v) is 8.44. The highest BCUT2D eigenvalue weighted by molar-refractivity contribution is 5.85. The van der Waals surface area contributed by atoms with E-state index in [9.17, 15) is 14.9 Å². The highest BCUT2D eigenvalue weighted by Crippen LogP contribution is 2.53. The Hall–Kier alpha value is -3.17. The molecule has 0 saturated carbocycles. The number of hydrogen-bond acceptors (Lipinski definition) is 6. The number of rotatable bonds is 4. The van der Waals surface area contributed by atoms with Gasteiger partial charge in [-0.2, -0.15) is 5.26 Å². The van der Waals surface area contributed by atoms with E-state index in [-0.39, 0.29) is 0 Å². The summed E-state index contributed by atoms with van der Waals surface area (Å²) in [7, 11) is 2.47. The second kappa shape index (κ2) is 7.60. The van der Waals surface area contributed by atoms with Crippen LogP contribution in [0.25, 0.3) is 0 Å². The van der Waals surface area contributed by atoms with Crippen molar-refractivity contribution in [2.24, 2.45) is 11.8 Å². The molecule has 138 valence electrons. The lowest BCUT2D eigenvalue weighted by atomic mass is 9.75. The fourth-order valence-corrected chi connectivity index (χ4v) is 3.62. The normalized spacial score (nSPS) is 26.8. The van der Waals surface area contributed by atoms with Gasteiger partial charge in [-0.05, 0) is 11.1 Å². The predicted molar refractivity (Wildman–Crippen MR) is 95.0 cm³/mol. The van der Waals surface area contributed by atoms with Crippen LogP contribution in [0.15, 0.2) is 60.7 Å². The number of carbonyl (C=O) groups is 2. The summed E-state index contributed by atoms with van der Waals surface area (Å²) in [6.07, 6.45) is -0.831. The minimum absolute atomic E-state index is 0.482.